The monoisotopic (exact) mass is 214 g/mol. The third-order valence-electron chi connectivity index (χ3n) is 2.93. The van der Waals surface area contributed by atoms with Crippen LogP contribution in [0.15, 0.2) is 42.5 Å². The second kappa shape index (κ2) is 5.10. The lowest BCUT2D eigenvalue weighted by Gasteiger charge is -2.14. The van der Waals surface area contributed by atoms with Gasteiger partial charge in [-0.1, -0.05) is 42.5 Å². The largest absolute Gasteiger partial charge is 0.324 e. The summed E-state index contributed by atoms with van der Waals surface area (Å²) in [6.07, 6.45) is 0.963. The Morgan fingerprint density at radius 3 is 2.69 bits per heavy atom. The molecule has 0 aliphatic heterocycles. The summed E-state index contributed by atoms with van der Waals surface area (Å²) in [6.45, 7) is 0.949. The summed E-state index contributed by atoms with van der Waals surface area (Å²) in [5, 5.41) is 5.67. The van der Waals surface area contributed by atoms with Gasteiger partial charge in [-0.25, -0.2) is 0 Å². The van der Waals surface area contributed by atoms with E-state index in [2.05, 4.69) is 47.8 Å². The van der Waals surface area contributed by atoms with Gasteiger partial charge < -0.3 is 11.1 Å². The van der Waals surface area contributed by atoms with Gasteiger partial charge >= 0.3 is 0 Å². The van der Waals surface area contributed by atoms with Crippen LogP contribution in [0.25, 0.3) is 10.8 Å². The lowest BCUT2D eigenvalue weighted by Crippen LogP contribution is -2.18. The van der Waals surface area contributed by atoms with Crippen molar-refractivity contribution in [3.8, 4) is 0 Å². The molecule has 0 aliphatic carbocycles. The van der Waals surface area contributed by atoms with Gasteiger partial charge in [-0.05, 0) is 36.3 Å². The van der Waals surface area contributed by atoms with Crippen molar-refractivity contribution in [2.45, 2.75) is 12.5 Å². The van der Waals surface area contributed by atoms with Crippen LogP contribution in [0.5, 0.6) is 0 Å². The number of nitrogens with two attached hydrogens (primary N) is 1. The molecule has 1 atom stereocenters. The predicted octanol–water partition coefficient (Wildman–Crippen LogP) is 2.45. The molecule has 0 saturated carbocycles. The summed E-state index contributed by atoms with van der Waals surface area (Å²) >= 11 is 0. The van der Waals surface area contributed by atoms with Gasteiger partial charge in [-0.3, -0.25) is 0 Å². The van der Waals surface area contributed by atoms with E-state index >= 15 is 0 Å². The van der Waals surface area contributed by atoms with Crippen molar-refractivity contribution in [1.29, 1.82) is 0 Å². The zero-order chi connectivity index (χ0) is 11.4. The fourth-order valence-corrected chi connectivity index (χ4v) is 2.03. The summed E-state index contributed by atoms with van der Waals surface area (Å²) in [5.74, 6) is 0. The van der Waals surface area contributed by atoms with Crippen LogP contribution in [0.2, 0.25) is 0 Å². The van der Waals surface area contributed by atoms with Crippen molar-refractivity contribution < 1.29 is 0 Å². The van der Waals surface area contributed by atoms with E-state index in [1.807, 2.05) is 7.05 Å². The van der Waals surface area contributed by atoms with Crippen LogP contribution in [0.4, 0.5) is 0 Å². The van der Waals surface area contributed by atoms with E-state index < -0.39 is 0 Å². The Balaban J connectivity index is 2.36. The summed E-state index contributed by atoms with van der Waals surface area (Å²) in [6, 6.07) is 14.8. The molecule has 1 unspecified atom stereocenters. The Hall–Kier alpha value is -1.38. The third-order valence-corrected chi connectivity index (χ3v) is 2.93. The molecule has 0 heterocycles. The van der Waals surface area contributed by atoms with Gasteiger partial charge in [0.25, 0.3) is 0 Å². The Morgan fingerprint density at radius 2 is 1.88 bits per heavy atom. The first-order valence-corrected chi connectivity index (χ1v) is 5.71. The van der Waals surface area contributed by atoms with Gasteiger partial charge in [0.05, 0.1) is 0 Å². The Kier molecular flexibility index (Phi) is 3.54. The maximum Gasteiger partial charge on any atom is 0.0313 e. The zero-order valence-corrected chi connectivity index (χ0v) is 9.61. The quantitative estimate of drug-likeness (QED) is 0.820. The summed E-state index contributed by atoms with van der Waals surface area (Å²) < 4.78 is 0. The van der Waals surface area contributed by atoms with E-state index in [1.54, 1.807) is 0 Å². The number of hydrogen-bond donors (Lipinski definition) is 2. The fraction of sp³-hybridized carbons (Fsp3) is 0.286. The molecular formula is C14H18N2. The van der Waals surface area contributed by atoms with Crippen LogP contribution in [-0.4, -0.2) is 13.6 Å². The van der Waals surface area contributed by atoms with E-state index in [4.69, 9.17) is 5.73 Å². The van der Waals surface area contributed by atoms with Crippen molar-refractivity contribution >= 4 is 10.8 Å². The number of fused-ring (bicyclic) bond motifs is 1. The molecule has 2 aromatic rings. The SMILES string of the molecule is CNCCC(N)c1cccc2ccccc12. The molecule has 84 valence electrons. The lowest BCUT2D eigenvalue weighted by molar-refractivity contribution is 0.619. The summed E-state index contributed by atoms with van der Waals surface area (Å²) in [5.41, 5.74) is 7.45. The van der Waals surface area contributed by atoms with E-state index in [9.17, 15) is 0 Å². The Bertz CT molecular complexity index is 460. The molecule has 3 N–H and O–H groups in total. The standard InChI is InChI=1S/C14H18N2/c1-16-10-9-14(15)13-8-4-6-11-5-2-3-7-12(11)13/h2-8,14,16H,9-10,15H2,1H3. The first kappa shape index (κ1) is 11.1. The lowest BCUT2D eigenvalue weighted by atomic mass is 9.97. The van der Waals surface area contributed by atoms with Crippen molar-refractivity contribution in [1.82, 2.24) is 5.32 Å². The van der Waals surface area contributed by atoms with Crippen molar-refractivity contribution in [2.75, 3.05) is 13.6 Å². The van der Waals surface area contributed by atoms with Crippen LogP contribution in [0.3, 0.4) is 0 Å². The van der Waals surface area contributed by atoms with Crippen LogP contribution < -0.4 is 11.1 Å². The van der Waals surface area contributed by atoms with E-state index in [1.165, 1.54) is 16.3 Å². The topological polar surface area (TPSA) is 38.0 Å². The molecule has 0 spiro atoms. The normalized spacial score (nSPS) is 12.9. The maximum absolute atomic E-state index is 6.21. The summed E-state index contributed by atoms with van der Waals surface area (Å²) in [4.78, 5) is 0. The molecule has 0 saturated heterocycles. The van der Waals surface area contributed by atoms with Gasteiger partial charge in [0.1, 0.15) is 0 Å². The summed E-state index contributed by atoms with van der Waals surface area (Å²) in [7, 11) is 1.95. The third kappa shape index (κ3) is 2.23. The van der Waals surface area contributed by atoms with Crippen molar-refractivity contribution in [3.63, 3.8) is 0 Å². The van der Waals surface area contributed by atoms with Crippen LogP contribution >= 0.6 is 0 Å². The van der Waals surface area contributed by atoms with Gasteiger partial charge in [-0.15, -0.1) is 0 Å². The zero-order valence-electron chi connectivity index (χ0n) is 9.61. The number of nitrogens with one attached hydrogen (secondary N) is 1. The van der Waals surface area contributed by atoms with Gasteiger partial charge in [-0.2, -0.15) is 0 Å². The van der Waals surface area contributed by atoms with Crippen LogP contribution in [0.1, 0.15) is 18.0 Å². The minimum atomic E-state index is 0.110. The smallest absolute Gasteiger partial charge is 0.0313 e. The second-order valence-corrected chi connectivity index (χ2v) is 4.07. The first-order valence-electron chi connectivity index (χ1n) is 5.71. The highest BCUT2D eigenvalue weighted by molar-refractivity contribution is 5.86. The Morgan fingerprint density at radius 1 is 1.12 bits per heavy atom. The average Bonchev–Trinajstić information content (AvgIpc) is 2.35. The molecule has 16 heavy (non-hydrogen) atoms. The van der Waals surface area contributed by atoms with Gasteiger partial charge in [0.2, 0.25) is 0 Å². The average molecular weight is 214 g/mol. The molecule has 2 rings (SSSR count). The number of hydrogen-bond acceptors (Lipinski definition) is 2. The highest BCUT2D eigenvalue weighted by Gasteiger charge is 2.08. The highest BCUT2D eigenvalue weighted by Crippen LogP contribution is 2.24. The molecule has 2 aromatic carbocycles. The molecule has 0 fully saturated rings. The molecule has 0 bridgehead atoms. The fourth-order valence-electron chi connectivity index (χ4n) is 2.03. The van der Waals surface area contributed by atoms with Gasteiger partial charge in [0, 0.05) is 6.04 Å². The van der Waals surface area contributed by atoms with Crippen LogP contribution in [-0.2, 0) is 0 Å². The molecule has 2 nitrogen and oxygen atoms in total. The van der Waals surface area contributed by atoms with Crippen molar-refractivity contribution in [3.05, 3.63) is 48.0 Å². The van der Waals surface area contributed by atoms with E-state index in [-0.39, 0.29) is 6.04 Å². The number of benzene rings is 2. The number of rotatable bonds is 4. The molecule has 0 radical (unpaired) electrons. The van der Waals surface area contributed by atoms with Crippen molar-refractivity contribution in [2.24, 2.45) is 5.73 Å². The highest BCUT2D eigenvalue weighted by atomic mass is 14.8. The maximum atomic E-state index is 6.21. The van der Waals surface area contributed by atoms with E-state index in [0.717, 1.165) is 13.0 Å². The molecular weight excluding hydrogens is 196 g/mol. The Labute approximate surface area is 96.5 Å². The van der Waals surface area contributed by atoms with Crippen LogP contribution in [0, 0.1) is 0 Å². The predicted molar refractivity (Wildman–Crippen MR) is 69.4 cm³/mol. The first-order chi connectivity index (χ1) is 7.83. The molecule has 2 heteroatoms. The molecule has 0 aromatic heterocycles. The minimum absolute atomic E-state index is 0.110. The van der Waals surface area contributed by atoms with Gasteiger partial charge in [0.15, 0.2) is 0 Å². The second-order valence-electron chi connectivity index (χ2n) is 4.07. The van der Waals surface area contributed by atoms with E-state index in [0.29, 0.717) is 0 Å². The molecule has 0 aliphatic rings. The minimum Gasteiger partial charge on any atom is -0.324 e. The molecule has 0 amide bonds.